The maximum atomic E-state index is 5.27. The Kier molecular flexibility index (Phi) is 12.9. The molecule has 3 heteroatoms. The van der Waals surface area contributed by atoms with Gasteiger partial charge in [0.05, 0.1) is 0 Å². The van der Waals surface area contributed by atoms with Gasteiger partial charge in [0.2, 0.25) is 0 Å². The van der Waals surface area contributed by atoms with Gasteiger partial charge in [-0.05, 0) is 26.7 Å². The quantitative estimate of drug-likeness (QED) is 0.399. The second-order valence-corrected chi connectivity index (χ2v) is 4.70. The molecule has 0 amide bonds. The normalized spacial score (nSPS) is 10.3. The van der Waals surface area contributed by atoms with Crippen molar-refractivity contribution in [2.24, 2.45) is 0 Å². The van der Waals surface area contributed by atoms with E-state index in [0.29, 0.717) is 15.2 Å². The molecule has 0 unspecified atom stereocenters. The first-order valence-electron chi connectivity index (χ1n) is 5.39. The average Bonchev–Trinajstić information content (AvgIpc) is 2.16. The van der Waals surface area contributed by atoms with Crippen molar-refractivity contribution in [3.63, 3.8) is 0 Å². The molecule has 2 nitrogen and oxygen atoms in total. The summed E-state index contributed by atoms with van der Waals surface area (Å²) in [6.07, 6.45) is 2.50. The smallest absolute Gasteiger partial charge is 0.200 e. The van der Waals surface area contributed by atoms with Gasteiger partial charge in [-0.3, -0.25) is 0 Å². The van der Waals surface area contributed by atoms with Crippen molar-refractivity contribution >= 4 is 15.2 Å². The zero-order valence-corrected chi connectivity index (χ0v) is 10.2. The molecule has 1 radical (unpaired) electrons. The van der Waals surface area contributed by atoms with Gasteiger partial charge in [-0.1, -0.05) is 0 Å². The second-order valence-electron chi connectivity index (χ2n) is 2.97. The van der Waals surface area contributed by atoms with Crippen LogP contribution in [0.25, 0.3) is 0 Å². The van der Waals surface area contributed by atoms with Crippen LogP contribution in [0.1, 0.15) is 26.7 Å². The summed E-state index contributed by atoms with van der Waals surface area (Å²) in [7, 11) is 0. The van der Waals surface area contributed by atoms with E-state index in [1.54, 1.807) is 0 Å². The molecule has 13 heavy (non-hydrogen) atoms. The van der Waals surface area contributed by atoms with Crippen molar-refractivity contribution in [2.75, 3.05) is 26.4 Å². The fraction of sp³-hybridized carbons (Fsp3) is 1.00. The second kappa shape index (κ2) is 12.5. The Morgan fingerprint density at radius 1 is 0.846 bits per heavy atom. The molecule has 0 N–H and O–H groups in total. The monoisotopic (exact) mass is 201 g/mol. The summed E-state index contributed by atoms with van der Waals surface area (Å²) >= 11 is 0.645. The highest BCUT2D eigenvalue weighted by Gasteiger charge is 1.93. The molecule has 0 aliphatic carbocycles. The third kappa shape index (κ3) is 12.5. The molecule has 0 saturated carbocycles. The predicted octanol–water partition coefficient (Wildman–Crippen LogP) is 2.38. The van der Waals surface area contributed by atoms with Gasteiger partial charge in [0, 0.05) is 26.4 Å². The minimum absolute atomic E-state index is 0.645. The fourth-order valence-electron chi connectivity index (χ4n) is 1.09. The van der Waals surface area contributed by atoms with E-state index in [-0.39, 0.29) is 0 Å². The molecular formula is C10H22AlO2. The Morgan fingerprint density at radius 2 is 1.31 bits per heavy atom. The SMILES string of the molecule is CCOCC[CH2][Al][CH2]CCOCC. The van der Waals surface area contributed by atoms with Gasteiger partial charge in [0.15, 0.2) is 15.2 Å². The molecule has 0 bridgehead atoms. The van der Waals surface area contributed by atoms with E-state index >= 15 is 0 Å². The van der Waals surface area contributed by atoms with E-state index in [0.717, 1.165) is 26.4 Å². The summed E-state index contributed by atoms with van der Waals surface area (Å²) in [5.41, 5.74) is 0. The van der Waals surface area contributed by atoms with Crippen LogP contribution >= 0.6 is 0 Å². The van der Waals surface area contributed by atoms with E-state index in [2.05, 4.69) is 13.8 Å². The molecule has 0 aromatic heterocycles. The Balaban J connectivity index is 2.76. The van der Waals surface area contributed by atoms with Gasteiger partial charge < -0.3 is 9.47 Å². The van der Waals surface area contributed by atoms with Crippen LogP contribution in [0.5, 0.6) is 0 Å². The zero-order chi connectivity index (χ0) is 9.78. The van der Waals surface area contributed by atoms with E-state index in [1.165, 1.54) is 23.4 Å². The lowest BCUT2D eigenvalue weighted by Crippen LogP contribution is -1.99. The van der Waals surface area contributed by atoms with Crippen LogP contribution in [0.15, 0.2) is 0 Å². The minimum Gasteiger partial charge on any atom is -0.382 e. The van der Waals surface area contributed by atoms with E-state index in [4.69, 9.17) is 9.47 Å². The highest BCUT2D eigenvalue weighted by molar-refractivity contribution is 6.35. The molecule has 0 fully saturated rings. The fourth-order valence-corrected chi connectivity index (χ4v) is 2.29. The lowest BCUT2D eigenvalue weighted by Gasteiger charge is -2.01. The highest BCUT2D eigenvalue weighted by Crippen LogP contribution is 1.97. The lowest BCUT2D eigenvalue weighted by molar-refractivity contribution is 0.147. The summed E-state index contributed by atoms with van der Waals surface area (Å²) in [4.78, 5) is 0. The molecule has 0 atom stereocenters. The summed E-state index contributed by atoms with van der Waals surface area (Å²) in [6, 6.07) is 0. The maximum absolute atomic E-state index is 5.27. The Labute approximate surface area is 88.7 Å². The van der Waals surface area contributed by atoms with Crippen LogP contribution in [0.2, 0.25) is 10.6 Å². The Morgan fingerprint density at radius 3 is 1.69 bits per heavy atom. The third-order valence-corrected chi connectivity index (χ3v) is 3.44. The first-order chi connectivity index (χ1) is 6.41. The van der Waals surface area contributed by atoms with Crippen LogP contribution in [-0.2, 0) is 9.47 Å². The van der Waals surface area contributed by atoms with E-state index in [9.17, 15) is 0 Å². The number of rotatable bonds is 10. The molecule has 0 spiro atoms. The van der Waals surface area contributed by atoms with Crippen LogP contribution in [0.3, 0.4) is 0 Å². The predicted molar refractivity (Wildman–Crippen MR) is 57.6 cm³/mol. The summed E-state index contributed by atoms with van der Waals surface area (Å²) in [5.74, 6) is 0. The molecule has 0 aromatic rings. The van der Waals surface area contributed by atoms with Crippen LogP contribution in [0.4, 0.5) is 0 Å². The van der Waals surface area contributed by atoms with Crippen LogP contribution < -0.4 is 0 Å². The van der Waals surface area contributed by atoms with Crippen LogP contribution in [0, 0.1) is 0 Å². The van der Waals surface area contributed by atoms with Crippen LogP contribution in [-0.4, -0.2) is 41.6 Å². The molecule has 0 saturated heterocycles. The molecule has 77 valence electrons. The molecule has 0 aliphatic rings. The summed E-state index contributed by atoms with van der Waals surface area (Å²) in [6.45, 7) is 7.73. The topological polar surface area (TPSA) is 18.5 Å². The van der Waals surface area contributed by atoms with Crippen molar-refractivity contribution in [1.82, 2.24) is 0 Å². The molecule has 0 aliphatic heterocycles. The number of hydrogen-bond acceptors (Lipinski definition) is 2. The molecular weight excluding hydrogens is 179 g/mol. The van der Waals surface area contributed by atoms with E-state index < -0.39 is 0 Å². The molecule has 0 aromatic carbocycles. The van der Waals surface area contributed by atoms with Crippen molar-refractivity contribution in [3.05, 3.63) is 0 Å². The van der Waals surface area contributed by atoms with Crippen molar-refractivity contribution in [2.45, 2.75) is 37.3 Å². The van der Waals surface area contributed by atoms with Gasteiger partial charge in [0.1, 0.15) is 0 Å². The number of hydrogen-bond donors (Lipinski definition) is 0. The van der Waals surface area contributed by atoms with Crippen molar-refractivity contribution < 1.29 is 9.47 Å². The van der Waals surface area contributed by atoms with E-state index in [1.807, 2.05) is 0 Å². The molecule has 0 rings (SSSR count). The Hall–Kier alpha value is 0.452. The summed E-state index contributed by atoms with van der Waals surface area (Å²) < 4.78 is 10.5. The van der Waals surface area contributed by atoms with Gasteiger partial charge in [-0.2, -0.15) is 0 Å². The summed E-state index contributed by atoms with van der Waals surface area (Å²) in [5, 5.41) is 2.76. The first-order valence-corrected chi connectivity index (χ1v) is 7.02. The zero-order valence-electron chi connectivity index (χ0n) is 9.05. The average molecular weight is 201 g/mol. The minimum atomic E-state index is 0.645. The first kappa shape index (κ1) is 13.5. The lowest BCUT2D eigenvalue weighted by atomic mass is 10.5. The standard InChI is InChI=1S/2C5H11O.Al/c2*1-3-5-6-4-2;/h2*1,3-5H2,2H3;. The third-order valence-electron chi connectivity index (χ3n) is 1.80. The Bertz CT molecular complexity index is 79.0. The molecule has 0 heterocycles. The van der Waals surface area contributed by atoms with Gasteiger partial charge in [-0.25, -0.2) is 0 Å². The van der Waals surface area contributed by atoms with Gasteiger partial charge in [0.25, 0.3) is 0 Å². The van der Waals surface area contributed by atoms with Crippen molar-refractivity contribution in [1.29, 1.82) is 0 Å². The maximum Gasteiger partial charge on any atom is 0.200 e. The van der Waals surface area contributed by atoms with Crippen molar-refractivity contribution in [3.8, 4) is 0 Å². The largest absolute Gasteiger partial charge is 0.382 e. The van der Waals surface area contributed by atoms with Gasteiger partial charge >= 0.3 is 0 Å². The number of ether oxygens (including phenoxy) is 2. The van der Waals surface area contributed by atoms with Gasteiger partial charge in [-0.15, -0.1) is 10.6 Å². The highest BCUT2D eigenvalue weighted by atomic mass is 27.1.